The molecule has 0 saturated heterocycles. The summed E-state index contributed by atoms with van der Waals surface area (Å²) < 4.78 is 1.89. The summed E-state index contributed by atoms with van der Waals surface area (Å²) in [6.45, 7) is 6.29. The zero-order chi connectivity index (χ0) is 13.8. The minimum Gasteiger partial charge on any atom is -0.370 e. The van der Waals surface area contributed by atoms with Gasteiger partial charge in [0.15, 0.2) is 5.96 Å². The summed E-state index contributed by atoms with van der Waals surface area (Å²) in [5.41, 5.74) is 7.66. The van der Waals surface area contributed by atoms with E-state index in [9.17, 15) is 0 Å². The third kappa shape index (κ3) is 3.17. The van der Waals surface area contributed by atoms with E-state index < -0.39 is 0 Å². The predicted octanol–water partition coefficient (Wildman–Crippen LogP) is 2.14. The number of nitrogens with zero attached hydrogens (tertiary/aromatic N) is 4. The first-order chi connectivity index (χ1) is 9.13. The van der Waals surface area contributed by atoms with Gasteiger partial charge in [0, 0.05) is 25.5 Å². The molecule has 0 amide bonds. The number of hydrogen-bond donors (Lipinski definition) is 1. The summed E-state index contributed by atoms with van der Waals surface area (Å²) in [6, 6.07) is 3.70. The molecule has 6 heteroatoms. The lowest BCUT2D eigenvalue weighted by Gasteiger charge is -2.18. The molecule has 5 nitrogen and oxygen atoms in total. The molecular weight excluding hydrogens is 262 g/mol. The van der Waals surface area contributed by atoms with Crippen molar-refractivity contribution in [3.63, 3.8) is 0 Å². The van der Waals surface area contributed by atoms with Crippen LogP contribution in [0.4, 0.5) is 0 Å². The van der Waals surface area contributed by atoms with Gasteiger partial charge < -0.3 is 15.0 Å². The van der Waals surface area contributed by atoms with Gasteiger partial charge in [-0.2, -0.15) is 0 Å². The van der Waals surface area contributed by atoms with Crippen molar-refractivity contribution in [1.82, 2.24) is 14.3 Å². The standard InChI is InChI=1S/C13H18ClN5/c1-3-18(4-2)13(15)16-7-11-9-19-8-10(14)5-6-12(19)17-11/h5-6,8-9H,3-4,7H2,1-2H3,(H2,15,16). The molecule has 2 heterocycles. The molecule has 0 saturated carbocycles. The van der Waals surface area contributed by atoms with Crippen LogP contribution in [-0.2, 0) is 6.54 Å². The van der Waals surface area contributed by atoms with Crippen LogP contribution in [0.3, 0.4) is 0 Å². The molecule has 0 aliphatic rings. The Kier molecular flexibility index (Phi) is 4.27. The Bertz CT molecular complexity index is 586. The molecule has 2 N–H and O–H groups in total. The number of nitrogens with two attached hydrogens (primary N) is 1. The first kappa shape index (κ1) is 13.7. The molecule has 0 unspecified atom stereocenters. The summed E-state index contributed by atoms with van der Waals surface area (Å²) in [7, 11) is 0. The summed E-state index contributed by atoms with van der Waals surface area (Å²) in [5, 5.41) is 0.683. The van der Waals surface area contributed by atoms with E-state index in [0.717, 1.165) is 24.4 Å². The summed E-state index contributed by atoms with van der Waals surface area (Å²) >= 11 is 5.93. The Morgan fingerprint density at radius 3 is 2.79 bits per heavy atom. The van der Waals surface area contributed by atoms with Crippen LogP contribution in [-0.4, -0.2) is 33.3 Å². The first-order valence-corrected chi connectivity index (χ1v) is 6.69. The van der Waals surface area contributed by atoms with Crippen molar-refractivity contribution < 1.29 is 0 Å². The first-order valence-electron chi connectivity index (χ1n) is 6.32. The molecule has 0 aromatic carbocycles. The Morgan fingerprint density at radius 2 is 2.11 bits per heavy atom. The van der Waals surface area contributed by atoms with Gasteiger partial charge in [-0.15, -0.1) is 0 Å². The molecule has 0 radical (unpaired) electrons. The number of guanidine groups is 1. The van der Waals surface area contributed by atoms with Gasteiger partial charge in [-0.05, 0) is 26.0 Å². The molecule has 102 valence electrons. The number of halogens is 1. The van der Waals surface area contributed by atoms with Crippen molar-refractivity contribution in [3.8, 4) is 0 Å². The normalized spacial score (nSPS) is 12.1. The number of hydrogen-bond acceptors (Lipinski definition) is 2. The number of fused-ring (bicyclic) bond motifs is 1. The molecule has 2 aromatic heterocycles. The SMILES string of the molecule is CCN(CC)C(N)=NCc1cn2cc(Cl)ccc2n1. The van der Waals surface area contributed by atoms with E-state index >= 15 is 0 Å². The maximum absolute atomic E-state index is 5.93. The van der Waals surface area contributed by atoms with Crippen LogP contribution >= 0.6 is 11.6 Å². The Hall–Kier alpha value is -1.75. The van der Waals surface area contributed by atoms with Crippen molar-refractivity contribution in [3.05, 3.63) is 35.2 Å². The largest absolute Gasteiger partial charge is 0.370 e. The van der Waals surface area contributed by atoms with Gasteiger partial charge in [0.25, 0.3) is 0 Å². The topological polar surface area (TPSA) is 58.9 Å². The highest BCUT2D eigenvalue weighted by molar-refractivity contribution is 6.30. The zero-order valence-electron chi connectivity index (χ0n) is 11.2. The number of aromatic nitrogens is 2. The van der Waals surface area contributed by atoms with Crippen molar-refractivity contribution in [2.75, 3.05) is 13.1 Å². The van der Waals surface area contributed by atoms with E-state index in [1.807, 2.05) is 33.8 Å². The van der Waals surface area contributed by atoms with Gasteiger partial charge >= 0.3 is 0 Å². The minimum absolute atomic E-state index is 0.474. The highest BCUT2D eigenvalue weighted by Crippen LogP contribution is 2.12. The van der Waals surface area contributed by atoms with E-state index in [4.69, 9.17) is 17.3 Å². The number of imidazole rings is 1. The summed E-state index contributed by atoms with van der Waals surface area (Å²) in [6.07, 6.45) is 3.74. The van der Waals surface area contributed by atoms with Crippen molar-refractivity contribution in [2.45, 2.75) is 20.4 Å². The average Bonchev–Trinajstić information content (AvgIpc) is 2.79. The van der Waals surface area contributed by atoms with Gasteiger partial charge in [0.2, 0.25) is 0 Å². The van der Waals surface area contributed by atoms with Crippen LogP contribution in [0.5, 0.6) is 0 Å². The van der Waals surface area contributed by atoms with Crippen molar-refractivity contribution in [1.29, 1.82) is 0 Å². The third-order valence-corrected chi connectivity index (χ3v) is 3.18. The van der Waals surface area contributed by atoms with Gasteiger partial charge in [0.1, 0.15) is 5.65 Å². The lowest BCUT2D eigenvalue weighted by molar-refractivity contribution is 0.458. The Balaban J connectivity index is 2.15. The van der Waals surface area contributed by atoms with E-state index in [2.05, 4.69) is 23.8 Å². The maximum atomic E-state index is 5.93. The summed E-state index contributed by atoms with van der Waals surface area (Å²) in [4.78, 5) is 10.8. The van der Waals surface area contributed by atoms with Gasteiger partial charge in [0.05, 0.1) is 17.3 Å². The van der Waals surface area contributed by atoms with Crippen LogP contribution in [0.25, 0.3) is 5.65 Å². The molecule has 2 aromatic rings. The summed E-state index contributed by atoms with van der Waals surface area (Å²) in [5.74, 6) is 0.556. The fraction of sp³-hybridized carbons (Fsp3) is 0.385. The lowest BCUT2D eigenvalue weighted by atomic mass is 10.5. The van der Waals surface area contributed by atoms with Crippen molar-refractivity contribution >= 4 is 23.2 Å². The van der Waals surface area contributed by atoms with Gasteiger partial charge in [-0.1, -0.05) is 11.6 Å². The van der Waals surface area contributed by atoms with E-state index in [0.29, 0.717) is 17.5 Å². The van der Waals surface area contributed by atoms with Crippen LogP contribution in [0.2, 0.25) is 5.02 Å². The molecule has 0 aliphatic carbocycles. The van der Waals surface area contributed by atoms with Crippen LogP contribution in [0, 0.1) is 0 Å². The smallest absolute Gasteiger partial charge is 0.191 e. The average molecular weight is 280 g/mol. The quantitative estimate of drug-likeness (QED) is 0.689. The van der Waals surface area contributed by atoms with Crippen LogP contribution in [0.1, 0.15) is 19.5 Å². The van der Waals surface area contributed by atoms with E-state index in [1.165, 1.54) is 0 Å². The second-order valence-corrected chi connectivity index (χ2v) is 4.63. The molecule has 0 aliphatic heterocycles. The maximum Gasteiger partial charge on any atom is 0.191 e. The Morgan fingerprint density at radius 1 is 1.37 bits per heavy atom. The molecule has 0 bridgehead atoms. The van der Waals surface area contributed by atoms with E-state index in [1.54, 1.807) is 0 Å². The third-order valence-electron chi connectivity index (χ3n) is 2.96. The van der Waals surface area contributed by atoms with Crippen molar-refractivity contribution in [2.24, 2.45) is 10.7 Å². The molecule has 2 rings (SSSR count). The fourth-order valence-corrected chi connectivity index (χ4v) is 2.07. The fourth-order valence-electron chi connectivity index (χ4n) is 1.90. The number of rotatable bonds is 4. The highest BCUT2D eigenvalue weighted by atomic mass is 35.5. The van der Waals surface area contributed by atoms with Crippen LogP contribution < -0.4 is 5.73 Å². The second-order valence-electron chi connectivity index (χ2n) is 4.19. The molecule has 19 heavy (non-hydrogen) atoms. The predicted molar refractivity (Wildman–Crippen MR) is 78.4 cm³/mol. The zero-order valence-corrected chi connectivity index (χ0v) is 11.9. The van der Waals surface area contributed by atoms with Gasteiger partial charge in [-0.25, -0.2) is 9.98 Å². The Labute approximate surface area is 117 Å². The molecule has 0 spiro atoms. The number of pyridine rings is 1. The number of aliphatic imine (C=N–C) groups is 1. The molecule has 0 atom stereocenters. The second kappa shape index (κ2) is 5.93. The molecule has 0 fully saturated rings. The monoisotopic (exact) mass is 279 g/mol. The van der Waals surface area contributed by atoms with Crippen LogP contribution in [0.15, 0.2) is 29.5 Å². The van der Waals surface area contributed by atoms with Gasteiger partial charge in [-0.3, -0.25) is 0 Å². The lowest BCUT2D eigenvalue weighted by Crippen LogP contribution is -2.37. The van der Waals surface area contributed by atoms with E-state index in [-0.39, 0.29) is 0 Å². The minimum atomic E-state index is 0.474. The molecular formula is C13H18ClN5. The highest BCUT2D eigenvalue weighted by Gasteiger charge is 2.04.